The fourth-order valence-corrected chi connectivity index (χ4v) is 3.42. The van der Waals surface area contributed by atoms with Gasteiger partial charge in [-0.25, -0.2) is 0 Å². The van der Waals surface area contributed by atoms with Gasteiger partial charge >= 0.3 is 0 Å². The maximum Gasteiger partial charge on any atom is 0.0474 e. The zero-order valence-electron chi connectivity index (χ0n) is 13.7. The van der Waals surface area contributed by atoms with E-state index in [1.165, 1.54) is 25.7 Å². The lowest BCUT2D eigenvalue weighted by Gasteiger charge is -2.48. The Morgan fingerprint density at radius 2 is 2.11 bits per heavy atom. The van der Waals surface area contributed by atoms with Crippen molar-refractivity contribution in [3.8, 4) is 0 Å². The van der Waals surface area contributed by atoms with Crippen LogP contribution in [0.2, 0.25) is 0 Å². The van der Waals surface area contributed by atoms with E-state index in [2.05, 4.69) is 38.0 Å². The minimum Gasteiger partial charge on any atom is -0.385 e. The Morgan fingerprint density at radius 1 is 1.37 bits per heavy atom. The van der Waals surface area contributed by atoms with Crippen LogP contribution in [-0.2, 0) is 4.74 Å². The van der Waals surface area contributed by atoms with Gasteiger partial charge in [0.15, 0.2) is 0 Å². The molecule has 0 aromatic carbocycles. The van der Waals surface area contributed by atoms with Crippen LogP contribution >= 0.6 is 0 Å². The molecule has 1 fully saturated rings. The molecule has 1 saturated carbocycles. The molecular weight excluding hydrogens is 236 g/mol. The Hall–Kier alpha value is -0.120. The lowest BCUT2D eigenvalue weighted by molar-refractivity contribution is 0.0577. The maximum absolute atomic E-state index is 5.17. The van der Waals surface area contributed by atoms with E-state index in [-0.39, 0.29) is 0 Å². The molecule has 19 heavy (non-hydrogen) atoms. The molecule has 0 saturated heterocycles. The van der Waals surface area contributed by atoms with E-state index < -0.39 is 0 Å². The van der Waals surface area contributed by atoms with E-state index in [9.17, 15) is 0 Å². The number of rotatable bonds is 8. The number of methoxy groups -OCH3 is 1. The van der Waals surface area contributed by atoms with Crippen molar-refractivity contribution >= 4 is 0 Å². The number of hydrogen-bond donors (Lipinski definition) is 1. The highest BCUT2D eigenvalue weighted by atomic mass is 16.5. The smallest absolute Gasteiger partial charge is 0.0474 e. The third-order valence-corrected chi connectivity index (χ3v) is 4.59. The van der Waals surface area contributed by atoms with Crippen molar-refractivity contribution in [3.63, 3.8) is 0 Å². The summed E-state index contributed by atoms with van der Waals surface area (Å²) < 4.78 is 5.17. The first-order chi connectivity index (χ1) is 9.03. The third-order valence-electron chi connectivity index (χ3n) is 4.59. The molecular formula is C16H34N2O. The SMILES string of the molecule is CCCNC1C(N(C)CCCOC)CCCC1(C)C. The second-order valence-corrected chi connectivity index (χ2v) is 6.71. The highest BCUT2D eigenvalue weighted by Crippen LogP contribution is 2.37. The summed E-state index contributed by atoms with van der Waals surface area (Å²) in [7, 11) is 4.07. The standard InChI is InChI=1S/C16H34N2O/c1-6-11-17-15-14(9-7-10-16(15,2)3)18(4)12-8-13-19-5/h14-15,17H,6-13H2,1-5H3. The zero-order chi connectivity index (χ0) is 14.3. The number of likely N-dealkylation sites (N-methyl/N-ethyl adjacent to an activating group) is 1. The van der Waals surface area contributed by atoms with E-state index in [4.69, 9.17) is 4.74 Å². The van der Waals surface area contributed by atoms with Gasteiger partial charge in [-0.05, 0) is 44.7 Å². The lowest BCUT2D eigenvalue weighted by Crippen LogP contribution is -2.58. The quantitative estimate of drug-likeness (QED) is 0.686. The second kappa shape index (κ2) is 8.23. The van der Waals surface area contributed by atoms with Gasteiger partial charge in [-0.15, -0.1) is 0 Å². The van der Waals surface area contributed by atoms with Crippen LogP contribution in [0.4, 0.5) is 0 Å². The average molecular weight is 270 g/mol. The monoisotopic (exact) mass is 270 g/mol. The van der Waals surface area contributed by atoms with Gasteiger partial charge in [0.05, 0.1) is 0 Å². The van der Waals surface area contributed by atoms with E-state index in [0.717, 1.165) is 26.1 Å². The predicted octanol–water partition coefficient (Wildman–Crippen LogP) is 2.90. The molecule has 0 amide bonds. The highest BCUT2D eigenvalue weighted by molar-refractivity contribution is 4.97. The third kappa shape index (κ3) is 5.05. The summed E-state index contributed by atoms with van der Waals surface area (Å²) in [6, 6.07) is 1.29. The van der Waals surface area contributed by atoms with Gasteiger partial charge in [-0.2, -0.15) is 0 Å². The topological polar surface area (TPSA) is 24.5 Å². The molecule has 1 aliphatic carbocycles. The van der Waals surface area contributed by atoms with Gasteiger partial charge in [0.2, 0.25) is 0 Å². The second-order valence-electron chi connectivity index (χ2n) is 6.71. The summed E-state index contributed by atoms with van der Waals surface area (Å²) in [5.74, 6) is 0. The van der Waals surface area contributed by atoms with Crippen LogP contribution < -0.4 is 5.32 Å². The molecule has 114 valence electrons. The summed E-state index contributed by atoms with van der Waals surface area (Å²) in [5, 5.41) is 3.81. The Labute approximate surface area is 120 Å². The Balaban J connectivity index is 2.60. The van der Waals surface area contributed by atoms with E-state index >= 15 is 0 Å². The van der Waals surface area contributed by atoms with Gasteiger partial charge in [-0.3, -0.25) is 0 Å². The summed E-state index contributed by atoms with van der Waals surface area (Å²) in [6.45, 7) is 10.2. The number of nitrogens with one attached hydrogen (secondary N) is 1. The fourth-order valence-electron chi connectivity index (χ4n) is 3.42. The molecule has 2 unspecified atom stereocenters. The lowest BCUT2D eigenvalue weighted by atomic mass is 9.70. The van der Waals surface area contributed by atoms with Crippen LogP contribution in [0.5, 0.6) is 0 Å². The van der Waals surface area contributed by atoms with Gasteiger partial charge < -0.3 is 15.0 Å². The summed E-state index contributed by atoms with van der Waals surface area (Å²) in [4.78, 5) is 2.55. The predicted molar refractivity (Wildman–Crippen MR) is 82.6 cm³/mol. The zero-order valence-corrected chi connectivity index (χ0v) is 13.7. The van der Waals surface area contributed by atoms with Crippen LogP contribution in [0.1, 0.15) is 52.9 Å². The van der Waals surface area contributed by atoms with Crippen molar-refractivity contribution in [1.29, 1.82) is 0 Å². The number of nitrogens with zero attached hydrogens (tertiary/aromatic N) is 1. The molecule has 0 spiro atoms. The summed E-state index contributed by atoms with van der Waals surface area (Å²) >= 11 is 0. The molecule has 0 aromatic heterocycles. The minimum atomic E-state index is 0.410. The molecule has 1 aliphatic rings. The van der Waals surface area contributed by atoms with Crippen molar-refractivity contribution in [1.82, 2.24) is 10.2 Å². The molecule has 3 nitrogen and oxygen atoms in total. The van der Waals surface area contributed by atoms with Crippen LogP contribution in [0, 0.1) is 5.41 Å². The maximum atomic E-state index is 5.17. The van der Waals surface area contributed by atoms with E-state index in [1.807, 2.05) is 0 Å². The van der Waals surface area contributed by atoms with Crippen molar-refractivity contribution in [2.24, 2.45) is 5.41 Å². The molecule has 0 aromatic rings. The first-order valence-corrected chi connectivity index (χ1v) is 7.95. The first kappa shape index (κ1) is 16.9. The van der Waals surface area contributed by atoms with Crippen molar-refractivity contribution in [2.75, 3.05) is 33.9 Å². The number of hydrogen-bond acceptors (Lipinski definition) is 3. The normalized spacial score (nSPS) is 26.8. The Kier molecular flexibility index (Phi) is 7.33. The average Bonchev–Trinajstić information content (AvgIpc) is 2.36. The highest BCUT2D eigenvalue weighted by Gasteiger charge is 2.39. The van der Waals surface area contributed by atoms with Crippen molar-refractivity contribution in [3.05, 3.63) is 0 Å². The summed E-state index contributed by atoms with van der Waals surface area (Å²) in [5.41, 5.74) is 0.410. The Morgan fingerprint density at radius 3 is 2.74 bits per heavy atom. The largest absolute Gasteiger partial charge is 0.385 e. The van der Waals surface area contributed by atoms with Crippen LogP contribution in [0.15, 0.2) is 0 Å². The fraction of sp³-hybridized carbons (Fsp3) is 1.00. The Bertz CT molecular complexity index is 243. The summed E-state index contributed by atoms with van der Waals surface area (Å²) in [6.07, 6.45) is 6.37. The molecule has 0 radical (unpaired) electrons. The molecule has 1 rings (SSSR count). The van der Waals surface area contributed by atoms with E-state index in [0.29, 0.717) is 17.5 Å². The molecule has 2 atom stereocenters. The first-order valence-electron chi connectivity index (χ1n) is 7.95. The van der Waals surface area contributed by atoms with Crippen LogP contribution in [0.25, 0.3) is 0 Å². The molecule has 1 N–H and O–H groups in total. The van der Waals surface area contributed by atoms with Gasteiger partial charge in [0.25, 0.3) is 0 Å². The molecule has 0 heterocycles. The van der Waals surface area contributed by atoms with Crippen molar-refractivity contribution < 1.29 is 4.74 Å². The van der Waals surface area contributed by atoms with Crippen LogP contribution in [0.3, 0.4) is 0 Å². The van der Waals surface area contributed by atoms with Gasteiger partial charge in [0, 0.05) is 32.3 Å². The van der Waals surface area contributed by atoms with Gasteiger partial charge in [-0.1, -0.05) is 27.2 Å². The van der Waals surface area contributed by atoms with Gasteiger partial charge in [0.1, 0.15) is 0 Å². The molecule has 3 heteroatoms. The number of ether oxygens (including phenoxy) is 1. The molecule has 0 bridgehead atoms. The molecule has 0 aliphatic heterocycles. The van der Waals surface area contributed by atoms with Crippen molar-refractivity contribution in [2.45, 2.75) is 65.0 Å². The van der Waals surface area contributed by atoms with E-state index in [1.54, 1.807) is 7.11 Å². The van der Waals surface area contributed by atoms with Crippen LogP contribution in [-0.4, -0.2) is 50.8 Å². The minimum absolute atomic E-state index is 0.410.